The molecule has 1 nitrogen and oxygen atoms in total. The Kier molecular flexibility index (Phi) is 7.02. The minimum Gasteiger partial charge on any atom is -0.486 e. The van der Waals surface area contributed by atoms with Crippen LogP contribution in [0.15, 0.2) is 72.8 Å². The topological polar surface area (TPSA) is 9.23 Å². The van der Waals surface area contributed by atoms with Crippen molar-refractivity contribution in [1.82, 2.24) is 0 Å². The number of rotatable bonds is 6. The zero-order valence-corrected chi connectivity index (χ0v) is 18.9. The summed E-state index contributed by atoms with van der Waals surface area (Å²) in [4.78, 5) is 0. The minimum absolute atomic E-state index is 0.121. The molecule has 33 heavy (non-hydrogen) atoms. The maximum atomic E-state index is 14.9. The van der Waals surface area contributed by atoms with Crippen LogP contribution in [-0.4, -0.2) is 6.61 Å². The lowest BCUT2D eigenvalue weighted by Gasteiger charge is -2.19. The Hall–Kier alpha value is -3.27. The summed E-state index contributed by atoms with van der Waals surface area (Å²) in [6.45, 7) is 4.21. The number of ether oxygens (including phenoxy) is 1. The molecule has 0 fully saturated rings. The van der Waals surface area contributed by atoms with Gasteiger partial charge in [0.2, 0.25) is 5.82 Å². The van der Waals surface area contributed by atoms with Gasteiger partial charge in [0.1, 0.15) is 12.4 Å². The normalized spacial score (nSPS) is 16.2. The van der Waals surface area contributed by atoms with E-state index in [1.54, 1.807) is 42.5 Å². The first-order valence-corrected chi connectivity index (χ1v) is 11.3. The summed E-state index contributed by atoms with van der Waals surface area (Å²) in [5.41, 5.74) is 3.97. The molecule has 1 aliphatic rings. The molecule has 170 valence electrons. The largest absolute Gasteiger partial charge is 0.486 e. The second-order valence-corrected chi connectivity index (χ2v) is 8.50. The van der Waals surface area contributed by atoms with Crippen molar-refractivity contribution in [2.75, 3.05) is 6.61 Å². The minimum atomic E-state index is -1.01. The summed E-state index contributed by atoms with van der Waals surface area (Å²) in [5, 5.41) is 0. The maximum absolute atomic E-state index is 14.9. The second kappa shape index (κ2) is 10.1. The highest BCUT2D eigenvalue weighted by Gasteiger charge is 2.17. The average Bonchev–Trinajstić information content (AvgIpc) is 2.83. The lowest BCUT2D eigenvalue weighted by molar-refractivity contribution is 0.332. The van der Waals surface area contributed by atoms with Crippen LogP contribution in [-0.2, 0) is 0 Å². The van der Waals surface area contributed by atoms with Crippen LogP contribution in [0.1, 0.15) is 38.7 Å². The second-order valence-electron chi connectivity index (χ2n) is 8.50. The lowest BCUT2D eigenvalue weighted by Crippen LogP contribution is -2.02. The van der Waals surface area contributed by atoms with Gasteiger partial charge in [-0.1, -0.05) is 61.5 Å². The third kappa shape index (κ3) is 5.05. The molecule has 3 aromatic rings. The van der Waals surface area contributed by atoms with Gasteiger partial charge in [0.15, 0.2) is 11.6 Å². The quantitative estimate of drug-likeness (QED) is 0.343. The fourth-order valence-electron chi connectivity index (χ4n) is 4.11. The Morgan fingerprint density at radius 2 is 1.58 bits per heavy atom. The molecular formula is C29H27F3O. The molecule has 1 aliphatic carbocycles. The van der Waals surface area contributed by atoms with Crippen molar-refractivity contribution >= 4 is 5.57 Å². The van der Waals surface area contributed by atoms with Crippen molar-refractivity contribution in [2.24, 2.45) is 5.92 Å². The van der Waals surface area contributed by atoms with Crippen molar-refractivity contribution in [3.8, 4) is 28.0 Å². The van der Waals surface area contributed by atoms with Gasteiger partial charge in [-0.25, -0.2) is 8.78 Å². The molecule has 0 saturated carbocycles. The molecular weight excluding hydrogens is 421 g/mol. The van der Waals surface area contributed by atoms with Crippen molar-refractivity contribution in [3.63, 3.8) is 0 Å². The fraction of sp³-hybridized carbons (Fsp3) is 0.241. The van der Waals surface area contributed by atoms with E-state index < -0.39 is 11.6 Å². The fourth-order valence-corrected chi connectivity index (χ4v) is 4.11. The van der Waals surface area contributed by atoms with Gasteiger partial charge in [-0.15, -0.1) is 0 Å². The molecule has 0 bridgehead atoms. The van der Waals surface area contributed by atoms with Crippen LogP contribution >= 0.6 is 0 Å². The van der Waals surface area contributed by atoms with Crippen LogP contribution in [0, 0.1) is 23.4 Å². The Morgan fingerprint density at radius 3 is 2.24 bits per heavy atom. The monoisotopic (exact) mass is 448 g/mol. The van der Waals surface area contributed by atoms with E-state index in [2.05, 4.69) is 13.0 Å². The molecule has 0 spiro atoms. The SMILES string of the molecule is C/C=C/COc1ccc(-c2ccc(-c3ccc(C4=CCC(C)CC4)c(F)c3)cc2)c(F)c1F. The average molecular weight is 449 g/mol. The first-order chi connectivity index (χ1) is 16.0. The zero-order valence-electron chi connectivity index (χ0n) is 18.9. The van der Waals surface area contributed by atoms with Gasteiger partial charge in [0, 0.05) is 11.1 Å². The number of benzene rings is 3. The highest BCUT2D eigenvalue weighted by molar-refractivity contribution is 5.74. The summed E-state index contributed by atoms with van der Waals surface area (Å²) < 4.78 is 49.2. The predicted octanol–water partition coefficient (Wildman–Crippen LogP) is 8.60. The van der Waals surface area contributed by atoms with Crippen LogP contribution < -0.4 is 4.74 Å². The Balaban J connectivity index is 1.55. The zero-order chi connectivity index (χ0) is 23.4. The first kappa shape index (κ1) is 22.9. The van der Waals surface area contributed by atoms with E-state index in [9.17, 15) is 13.2 Å². The highest BCUT2D eigenvalue weighted by Crippen LogP contribution is 2.34. The summed E-state index contributed by atoms with van der Waals surface area (Å²) in [6, 6.07) is 15.2. The smallest absolute Gasteiger partial charge is 0.201 e. The van der Waals surface area contributed by atoms with Gasteiger partial charge >= 0.3 is 0 Å². The van der Waals surface area contributed by atoms with Gasteiger partial charge < -0.3 is 4.74 Å². The predicted molar refractivity (Wildman–Crippen MR) is 128 cm³/mol. The summed E-state index contributed by atoms with van der Waals surface area (Å²) >= 11 is 0. The molecule has 3 aromatic carbocycles. The van der Waals surface area contributed by atoms with E-state index in [0.29, 0.717) is 17.0 Å². The lowest BCUT2D eigenvalue weighted by atomic mass is 9.87. The number of allylic oxidation sites excluding steroid dienone is 3. The molecule has 4 heteroatoms. The first-order valence-electron chi connectivity index (χ1n) is 11.3. The molecule has 4 rings (SSSR count). The van der Waals surface area contributed by atoms with Gasteiger partial charge in [0.05, 0.1) is 0 Å². The van der Waals surface area contributed by atoms with Crippen LogP contribution in [0.4, 0.5) is 13.2 Å². The Morgan fingerprint density at radius 1 is 0.879 bits per heavy atom. The van der Waals surface area contributed by atoms with Crippen molar-refractivity contribution in [3.05, 3.63) is 95.8 Å². The standard InChI is InChI=1S/C29H27F3O/c1-3-4-17-33-27-16-15-25(28(31)29(27)32)22-11-9-20(10-12-22)23-13-14-24(26(30)18-23)21-7-5-19(2)6-8-21/h3-4,7,9-16,18-19H,5-6,8,17H2,1-2H3/b4-3+. The van der Waals surface area contributed by atoms with Gasteiger partial charge in [-0.2, -0.15) is 4.39 Å². The number of hydrogen-bond acceptors (Lipinski definition) is 1. The van der Waals surface area contributed by atoms with Crippen LogP contribution in [0.5, 0.6) is 5.75 Å². The number of halogens is 3. The van der Waals surface area contributed by atoms with Crippen LogP contribution in [0.2, 0.25) is 0 Å². The third-order valence-electron chi connectivity index (χ3n) is 6.14. The molecule has 0 N–H and O–H groups in total. The molecule has 1 atom stereocenters. The summed E-state index contributed by atoms with van der Waals surface area (Å²) in [7, 11) is 0. The number of hydrogen-bond donors (Lipinski definition) is 0. The van der Waals surface area contributed by atoms with Crippen LogP contribution in [0.25, 0.3) is 27.8 Å². The Bertz CT molecular complexity index is 1190. The maximum Gasteiger partial charge on any atom is 0.201 e. The van der Waals surface area contributed by atoms with Crippen LogP contribution in [0.3, 0.4) is 0 Å². The van der Waals surface area contributed by atoms with Gasteiger partial charge in [-0.3, -0.25) is 0 Å². The van der Waals surface area contributed by atoms with E-state index >= 15 is 0 Å². The molecule has 0 heterocycles. The molecule has 0 aromatic heterocycles. The molecule has 0 radical (unpaired) electrons. The summed E-state index contributed by atoms with van der Waals surface area (Å²) in [5.74, 6) is -1.67. The van der Waals surface area contributed by atoms with Gasteiger partial charge in [-0.05, 0) is 72.6 Å². The third-order valence-corrected chi connectivity index (χ3v) is 6.14. The van der Waals surface area contributed by atoms with Crippen molar-refractivity contribution in [1.29, 1.82) is 0 Å². The van der Waals surface area contributed by atoms with E-state index in [1.807, 2.05) is 19.1 Å². The molecule has 0 amide bonds. The van der Waals surface area contributed by atoms with E-state index in [-0.39, 0.29) is 23.7 Å². The van der Waals surface area contributed by atoms with E-state index in [0.717, 1.165) is 36.0 Å². The van der Waals surface area contributed by atoms with E-state index in [1.165, 1.54) is 12.1 Å². The molecule has 1 unspecified atom stereocenters. The van der Waals surface area contributed by atoms with Crippen molar-refractivity contribution in [2.45, 2.75) is 33.1 Å². The molecule has 0 saturated heterocycles. The summed E-state index contributed by atoms with van der Waals surface area (Å²) in [6.07, 6.45) is 8.59. The van der Waals surface area contributed by atoms with E-state index in [4.69, 9.17) is 4.74 Å². The van der Waals surface area contributed by atoms with Gasteiger partial charge in [0.25, 0.3) is 0 Å². The molecule has 0 aliphatic heterocycles. The van der Waals surface area contributed by atoms with Crippen molar-refractivity contribution < 1.29 is 17.9 Å². The highest BCUT2D eigenvalue weighted by atomic mass is 19.2. The Labute approximate surface area is 193 Å².